The van der Waals surface area contributed by atoms with Gasteiger partial charge in [0, 0.05) is 0 Å². The van der Waals surface area contributed by atoms with Crippen LogP contribution in [0.3, 0.4) is 0 Å². The molecule has 90 valence electrons. The summed E-state index contributed by atoms with van der Waals surface area (Å²) in [6, 6.07) is 0. The van der Waals surface area contributed by atoms with E-state index in [0.29, 0.717) is 0 Å². The summed E-state index contributed by atoms with van der Waals surface area (Å²) >= 11 is 11.4. The van der Waals surface area contributed by atoms with Gasteiger partial charge in [-0.1, -0.05) is 39.0 Å². The van der Waals surface area contributed by atoms with Gasteiger partial charge in [-0.05, 0) is 42.6 Å². The molecule has 1 rings (SSSR count). The summed E-state index contributed by atoms with van der Waals surface area (Å²) in [6.07, 6.45) is 7.44. The summed E-state index contributed by atoms with van der Waals surface area (Å²) in [6.45, 7) is 2.36. The van der Waals surface area contributed by atoms with E-state index in [2.05, 4.69) is 43.6 Å². The third-order valence-corrected chi connectivity index (χ3v) is 1.89. The molecule has 6 heteroatoms. The van der Waals surface area contributed by atoms with Crippen LogP contribution in [0.25, 0.3) is 0 Å². The fraction of sp³-hybridized carbons (Fsp3) is 0.700. The van der Waals surface area contributed by atoms with Crippen LogP contribution in [-0.4, -0.2) is 15.5 Å². The van der Waals surface area contributed by atoms with E-state index in [1.807, 2.05) is 0 Å². The summed E-state index contributed by atoms with van der Waals surface area (Å²) in [5.74, 6) is 1.04. The molecule has 0 spiro atoms. The van der Waals surface area contributed by atoms with Crippen molar-refractivity contribution < 1.29 is 0 Å². The van der Waals surface area contributed by atoms with E-state index < -0.39 is 0 Å². The summed E-state index contributed by atoms with van der Waals surface area (Å²) in [4.78, 5) is 0. The second-order valence-electron chi connectivity index (χ2n) is 3.05. The van der Waals surface area contributed by atoms with Crippen LogP contribution in [0.2, 0.25) is 0 Å². The molecule has 0 amide bonds. The number of hydrogen-bond donors (Lipinski definition) is 3. The molecule has 0 unspecified atom stereocenters. The quantitative estimate of drug-likeness (QED) is 0.447. The van der Waals surface area contributed by atoms with Crippen molar-refractivity contribution in [2.24, 2.45) is 5.92 Å². The molecule has 1 fully saturated rings. The monoisotopic (exact) mass is 275 g/mol. The van der Waals surface area contributed by atoms with Gasteiger partial charge in [0.25, 0.3) is 0 Å². The maximum Gasteiger partial charge on any atom is 0.0554 e. The number of hydrogen-bond acceptors (Lipinski definition) is 6. The predicted molar refractivity (Wildman–Crippen MR) is 78.2 cm³/mol. The van der Waals surface area contributed by atoms with Gasteiger partial charge in [0.1, 0.15) is 0 Å². The van der Waals surface area contributed by atoms with Gasteiger partial charge in [-0.3, -0.25) is 0 Å². The van der Waals surface area contributed by atoms with E-state index in [-0.39, 0.29) is 0 Å². The first-order valence-corrected chi connectivity index (χ1v) is 5.98. The van der Waals surface area contributed by atoms with Crippen molar-refractivity contribution in [3.05, 3.63) is 0 Å². The fourth-order valence-electron chi connectivity index (χ4n) is 1.31. The minimum atomic E-state index is 1.04. The largest absolute Gasteiger partial charge is 0.248 e. The van der Waals surface area contributed by atoms with Crippen molar-refractivity contribution in [3.63, 3.8) is 0 Å². The molecular formula is C10H17N3S3. The zero-order valence-corrected chi connectivity index (χ0v) is 11.8. The van der Waals surface area contributed by atoms with Crippen LogP contribution in [0.15, 0.2) is 0 Å². The minimum Gasteiger partial charge on any atom is -0.248 e. The van der Waals surface area contributed by atoms with Crippen LogP contribution >= 0.6 is 36.7 Å². The Bertz CT molecular complexity index is 201. The van der Waals surface area contributed by atoms with Gasteiger partial charge in [-0.25, -0.2) is 16.2 Å². The van der Waals surface area contributed by atoms with Gasteiger partial charge < -0.3 is 0 Å². The average molecular weight is 275 g/mol. The maximum absolute atomic E-state index is 5.77. The fourth-order valence-corrected chi connectivity index (χ4v) is 1.31. The molecule has 0 aromatic heterocycles. The summed E-state index contributed by atoms with van der Waals surface area (Å²) < 4.78 is 0. The molecule has 1 saturated carbocycles. The highest BCUT2D eigenvalue weighted by Gasteiger charge is 2.05. The maximum atomic E-state index is 5.77. The Labute approximate surface area is 113 Å². The first-order valence-electron chi connectivity index (χ1n) is 4.76. The number of rotatable bonds is 0. The Hall–Kier alpha value is -0.600. The highest BCUT2D eigenvalue weighted by molar-refractivity contribution is 7.78. The van der Waals surface area contributed by atoms with Crippen molar-refractivity contribution in [2.75, 3.05) is 0 Å². The van der Waals surface area contributed by atoms with Crippen molar-refractivity contribution in [2.45, 2.75) is 39.0 Å². The lowest BCUT2D eigenvalue weighted by molar-refractivity contribution is 0.385. The molecule has 0 atom stereocenters. The highest BCUT2D eigenvalue weighted by Crippen LogP contribution is 2.21. The summed E-state index contributed by atoms with van der Waals surface area (Å²) in [5.41, 5.74) is 0. The standard InChI is InChI=1S/C7H14.3CHNS/c1-7-5-3-2-4-6-7;3*2-1-3/h7H,2-6H2,1H3;3*2H. The smallest absolute Gasteiger partial charge is 0.0554 e. The van der Waals surface area contributed by atoms with E-state index in [0.717, 1.165) is 5.92 Å². The average Bonchev–Trinajstić information content (AvgIpc) is 2.22. The normalized spacial score (nSPS) is 12.6. The van der Waals surface area contributed by atoms with Gasteiger partial charge in [0.2, 0.25) is 0 Å². The van der Waals surface area contributed by atoms with E-state index in [1.165, 1.54) is 32.1 Å². The first-order chi connectivity index (χ1) is 7.64. The van der Waals surface area contributed by atoms with Crippen LogP contribution < -0.4 is 0 Å². The van der Waals surface area contributed by atoms with Gasteiger partial charge in [-0.15, -0.1) is 0 Å². The molecule has 1 aliphatic rings. The van der Waals surface area contributed by atoms with Gasteiger partial charge in [0.15, 0.2) is 0 Å². The summed E-state index contributed by atoms with van der Waals surface area (Å²) in [7, 11) is 0. The summed E-state index contributed by atoms with van der Waals surface area (Å²) in [5, 5.41) is 22.1. The molecular weight excluding hydrogens is 258 g/mol. The molecule has 0 bridgehead atoms. The molecule has 0 aromatic carbocycles. The van der Waals surface area contributed by atoms with Crippen LogP contribution in [0, 0.1) is 22.1 Å². The molecule has 0 heterocycles. The Morgan fingerprint density at radius 1 is 0.812 bits per heavy atom. The molecule has 1 aliphatic carbocycles. The van der Waals surface area contributed by atoms with Gasteiger partial charge >= 0.3 is 0 Å². The molecule has 3 nitrogen and oxygen atoms in total. The van der Waals surface area contributed by atoms with E-state index in [4.69, 9.17) is 16.2 Å². The number of isothiocyanates is 3. The predicted octanol–water partition coefficient (Wildman–Crippen LogP) is 4.59. The Morgan fingerprint density at radius 3 is 1.19 bits per heavy atom. The zero-order valence-electron chi connectivity index (χ0n) is 9.34. The molecule has 0 radical (unpaired) electrons. The van der Waals surface area contributed by atoms with Crippen LogP contribution in [0.4, 0.5) is 0 Å². The zero-order chi connectivity index (χ0) is 13.2. The SMILES string of the molecule is CC1CCCCC1.N=C=S.N=C=S.N=C=S. The van der Waals surface area contributed by atoms with Gasteiger partial charge in [-0.2, -0.15) is 0 Å². The topological polar surface area (TPSA) is 71.6 Å². The Morgan fingerprint density at radius 2 is 1.06 bits per heavy atom. The third kappa shape index (κ3) is 37.6. The molecule has 0 aromatic rings. The van der Waals surface area contributed by atoms with Crippen LogP contribution in [0.5, 0.6) is 0 Å². The van der Waals surface area contributed by atoms with E-state index in [1.54, 1.807) is 15.5 Å². The van der Waals surface area contributed by atoms with Crippen molar-refractivity contribution in [3.8, 4) is 0 Å². The highest BCUT2D eigenvalue weighted by atomic mass is 32.1. The molecule has 0 saturated heterocycles. The second-order valence-corrected chi connectivity index (χ2v) is 3.66. The van der Waals surface area contributed by atoms with E-state index in [9.17, 15) is 0 Å². The van der Waals surface area contributed by atoms with Crippen LogP contribution in [-0.2, 0) is 0 Å². The minimum absolute atomic E-state index is 1.04. The van der Waals surface area contributed by atoms with E-state index >= 15 is 0 Å². The van der Waals surface area contributed by atoms with Gasteiger partial charge in [0.05, 0.1) is 15.5 Å². The third-order valence-electron chi connectivity index (χ3n) is 1.89. The van der Waals surface area contributed by atoms with Crippen molar-refractivity contribution >= 4 is 52.1 Å². The van der Waals surface area contributed by atoms with Crippen LogP contribution in [0.1, 0.15) is 39.0 Å². The molecule has 3 N–H and O–H groups in total. The number of thiocarbonyl (C=S) groups is 3. The van der Waals surface area contributed by atoms with Crippen molar-refractivity contribution in [1.29, 1.82) is 16.2 Å². The first kappa shape index (κ1) is 20.8. The molecule has 0 aliphatic heterocycles. The lowest BCUT2D eigenvalue weighted by Gasteiger charge is -2.15. The molecule has 16 heavy (non-hydrogen) atoms. The second kappa shape index (κ2) is 23.9. The Balaban J connectivity index is -0.000000161. The lowest BCUT2D eigenvalue weighted by Crippen LogP contribution is -1.99. The number of nitrogens with one attached hydrogen (secondary N) is 3. The lowest BCUT2D eigenvalue weighted by atomic mass is 9.91. The Kier molecular flexibility index (Phi) is 31.0. The van der Waals surface area contributed by atoms with Crippen molar-refractivity contribution in [1.82, 2.24) is 0 Å².